The topological polar surface area (TPSA) is 137 Å². The average molecular weight is 749 g/mol. The third-order valence-electron chi connectivity index (χ3n) is 7.07. The highest BCUT2D eigenvalue weighted by Crippen LogP contribution is 2.35. The predicted molar refractivity (Wildman–Crippen MR) is 196 cm³/mol. The van der Waals surface area contributed by atoms with Gasteiger partial charge < -0.3 is 61.6 Å². The lowest BCUT2D eigenvalue weighted by molar-refractivity contribution is -0.0276. The monoisotopic (exact) mass is 748 g/mol. The van der Waals surface area contributed by atoms with Crippen LogP contribution >= 0.6 is 0 Å². The molecule has 0 aliphatic heterocycles. The van der Waals surface area contributed by atoms with E-state index in [-0.39, 0.29) is 24.0 Å². The predicted octanol–water partition coefficient (Wildman–Crippen LogP) is 4.61. The van der Waals surface area contributed by atoms with Gasteiger partial charge in [-0.15, -0.1) is 0 Å². The smallest absolute Gasteiger partial charge is 0.432 e. The lowest BCUT2D eigenvalue weighted by atomic mass is 9.80. The minimum absolute atomic E-state index is 0.00913. The molecule has 1 aromatic rings. The zero-order chi connectivity index (χ0) is 38.2. The molecule has 0 bridgehead atoms. The van der Waals surface area contributed by atoms with Crippen molar-refractivity contribution in [3.05, 3.63) is 29.3 Å². The van der Waals surface area contributed by atoms with E-state index in [0.29, 0.717) is 138 Å². The first-order valence-corrected chi connectivity index (χ1v) is 18.3. The maximum absolute atomic E-state index is 12.3. The fourth-order valence-electron chi connectivity index (χ4n) is 4.20. The number of methoxy groups -OCH3 is 1. The van der Waals surface area contributed by atoms with Gasteiger partial charge in [0, 0.05) is 12.7 Å². The zero-order valence-electron chi connectivity index (χ0n) is 33.0. The van der Waals surface area contributed by atoms with Crippen molar-refractivity contribution in [3.8, 4) is 5.75 Å². The Morgan fingerprint density at radius 1 is 0.442 bits per heavy atom. The van der Waals surface area contributed by atoms with Crippen molar-refractivity contribution >= 4 is 6.16 Å². The highest BCUT2D eigenvalue weighted by molar-refractivity contribution is 5.65. The van der Waals surface area contributed by atoms with Crippen LogP contribution in [-0.2, 0) is 67.7 Å². The van der Waals surface area contributed by atoms with E-state index in [1.807, 2.05) is 12.1 Å². The van der Waals surface area contributed by atoms with Crippen molar-refractivity contribution in [1.82, 2.24) is 0 Å². The van der Waals surface area contributed by atoms with E-state index in [0.717, 1.165) is 5.56 Å². The van der Waals surface area contributed by atoms with Crippen molar-refractivity contribution in [2.45, 2.75) is 52.4 Å². The van der Waals surface area contributed by atoms with Crippen LogP contribution in [0.5, 0.6) is 5.75 Å². The first-order valence-electron chi connectivity index (χ1n) is 18.3. The molecule has 14 nitrogen and oxygen atoms in total. The van der Waals surface area contributed by atoms with Crippen molar-refractivity contribution in [2.75, 3.05) is 152 Å². The van der Waals surface area contributed by atoms with Crippen LogP contribution in [0.2, 0.25) is 0 Å². The molecule has 1 aromatic carbocycles. The summed E-state index contributed by atoms with van der Waals surface area (Å²) in [5, 5.41) is 0. The Bertz CT molecular complexity index is 979. The summed E-state index contributed by atoms with van der Waals surface area (Å²) in [4.78, 5) is 12.3. The lowest BCUT2D eigenvalue weighted by Crippen LogP contribution is -2.20. The summed E-state index contributed by atoms with van der Waals surface area (Å²) in [5.74, 6) is 0.507. The largest absolute Gasteiger partial charge is 0.513 e. The summed E-state index contributed by atoms with van der Waals surface area (Å²) in [5.41, 5.74) is 1.93. The molecule has 0 fully saturated rings. The van der Waals surface area contributed by atoms with Gasteiger partial charge in [-0.1, -0.05) is 53.7 Å². The minimum atomic E-state index is -0.751. The molecule has 0 unspecified atom stereocenters. The molecule has 0 radical (unpaired) electrons. The van der Waals surface area contributed by atoms with Crippen LogP contribution in [0, 0.1) is 0 Å². The second-order valence-electron chi connectivity index (χ2n) is 13.5. The van der Waals surface area contributed by atoms with E-state index < -0.39 is 6.16 Å². The standard InChI is InChI=1S/C38H68O14/c1-37(2,3)33-8-9-35(34(32-33)38(4,5)6)52-36(39)51-31-30-50-29-28-49-27-26-48-25-24-47-23-22-46-21-20-45-19-18-44-17-16-43-15-14-42-13-12-41-11-10-40-7/h8-9,32H,10-31H2,1-7H3. The van der Waals surface area contributed by atoms with Gasteiger partial charge >= 0.3 is 6.16 Å². The second kappa shape index (κ2) is 31.4. The number of ether oxygens (including phenoxy) is 13. The molecule has 0 N–H and O–H groups in total. The first kappa shape index (κ1) is 48.1. The third kappa shape index (κ3) is 27.6. The molecule has 0 aliphatic carbocycles. The normalized spacial score (nSPS) is 12.1. The number of hydrogen-bond acceptors (Lipinski definition) is 14. The van der Waals surface area contributed by atoms with Crippen LogP contribution < -0.4 is 4.74 Å². The molecule has 0 spiro atoms. The molecule has 0 saturated heterocycles. The number of benzene rings is 1. The van der Waals surface area contributed by atoms with Gasteiger partial charge in [0.2, 0.25) is 0 Å². The minimum Gasteiger partial charge on any atom is -0.432 e. The molecule has 0 aromatic heterocycles. The summed E-state index contributed by atoms with van der Waals surface area (Å²) >= 11 is 0. The van der Waals surface area contributed by atoms with Gasteiger partial charge in [-0.2, -0.15) is 0 Å². The summed E-state index contributed by atoms with van der Waals surface area (Å²) in [7, 11) is 1.64. The lowest BCUT2D eigenvalue weighted by Gasteiger charge is -2.26. The van der Waals surface area contributed by atoms with Gasteiger partial charge in [0.05, 0.1) is 139 Å². The molecule has 0 amide bonds. The molecular formula is C38H68O14. The highest BCUT2D eigenvalue weighted by atomic mass is 16.7. The summed E-state index contributed by atoms with van der Waals surface area (Å²) < 4.78 is 70.1. The van der Waals surface area contributed by atoms with Crippen molar-refractivity contribution < 1.29 is 66.4 Å². The molecule has 14 heteroatoms. The maximum atomic E-state index is 12.3. The molecule has 0 aliphatic rings. The average Bonchev–Trinajstić information content (AvgIpc) is 3.09. The Kier molecular flexibility index (Phi) is 29.0. The fourth-order valence-corrected chi connectivity index (χ4v) is 4.20. The SMILES string of the molecule is COCCOCCOCCOCCOCCOCCOCCOCCOCCOCCOCCOC(=O)Oc1ccc(C(C)(C)C)cc1C(C)(C)C. The van der Waals surface area contributed by atoms with Gasteiger partial charge in [0.15, 0.2) is 0 Å². The number of carbonyl (C=O) groups excluding carboxylic acids is 1. The van der Waals surface area contributed by atoms with Crippen molar-refractivity contribution in [3.63, 3.8) is 0 Å². The van der Waals surface area contributed by atoms with Gasteiger partial charge in [-0.3, -0.25) is 0 Å². The molecule has 0 atom stereocenters. The Morgan fingerprint density at radius 2 is 0.750 bits per heavy atom. The van der Waals surface area contributed by atoms with Gasteiger partial charge in [0.25, 0.3) is 0 Å². The Morgan fingerprint density at radius 3 is 1.04 bits per heavy atom. The van der Waals surface area contributed by atoms with E-state index in [1.54, 1.807) is 7.11 Å². The van der Waals surface area contributed by atoms with E-state index >= 15 is 0 Å². The van der Waals surface area contributed by atoms with Gasteiger partial charge in [0.1, 0.15) is 12.4 Å². The van der Waals surface area contributed by atoms with E-state index in [2.05, 4.69) is 47.6 Å². The van der Waals surface area contributed by atoms with Gasteiger partial charge in [-0.25, -0.2) is 4.79 Å². The van der Waals surface area contributed by atoms with E-state index in [4.69, 9.17) is 61.6 Å². The molecule has 52 heavy (non-hydrogen) atoms. The van der Waals surface area contributed by atoms with Crippen LogP contribution in [-0.4, -0.2) is 159 Å². The molecular weight excluding hydrogens is 680 g/mol. The van der Waals surface area contributed by atoms with Crippen LogP contribution in [0.3, 0.4) is 0 Å². The highest BCUT2D eigenvalue weighted by Gasteiger charge is 2.24. The second-order valence-corrected chi connectivity index (χ2v) is 13.5. The summed E-state index contributed by atoms with van der Waals surface area (Å²) in [6, 6.07) is 5.93. The Hall–Kier alpha value is -1.95. The zero-order valence-corrected chi connectivity index (χ0v) is 33.0. The summed E-state index contributed by atoms with van der Waals surface area (Å²) in [6.07, 6.45) is -0.751. The van der Waals surface area contributed by atoms with Crippen LogP contribution in [0.15, 0.2) is 18.2 Å². The van der Waals surface area contributed by atoms with Gasteiger partial charge in [-0.05, 0) is 22.5 Å². The third-order valence-corrected chi connectivity index (χ3v) is 7.07. The van der Waals surface area contributed by atoms with E-state index in [9.17, 15) is 4.79 Å². The van der Waals surface area contributed by atoms with Crippen LogP contribution in [0.4, 0.5) is 4.79 Å². The summed E-state index contributed by atoms with van der Waals surface area (Å²) in [6.45, 7) is 23.0. The number of rotatable bonds is 34. The Labute approximate surface area is 312 Å². The number of hydrogen-bond donors (Lipinski definition) is 0. The van der Waals surface area contributed by atoms with Crippen LogP contribution in [0.25, 0.3) is 0 Å². The molecule has 0 heterocycles. The first-order chi connectivity index (χ1) is 25.1. The fraction of sp³-hybridized carbons (Fsp3) is 0.816. The molecule has 304 valence electrons. The maximum Gasteiger partial charge on any atom is 0.513 e. The van der Waals surface area contributed by atoms with Crippen molar-refractivity contribution in [1.29, 1.82) is 0 Å². The number of carbonyl (C=O) groups is 1. The Balaban J connectivity index is 1.81. The van der Waals surface area contributed by atoms with Crippen molar-refractivity contribution in [2.24, 2.45) is 0 Å². The van der Waals surface area contributed by atoms with Crippen LogP contribution in [0.1, 0.15) is 52.7 Å². The quantitative estimate of drug-likeness (QED) is 0.0551. The molecule has 0 saturated carbocycles. The van der Waals surface area contributed by atoms with E-state index in [1.165, 1.54) is 5.56 Å². The molecule has 1 rings (SSSR count).